The fraction of sp³-hybridized carbons (Fsp3) is 0.0952. The van der Waals surface area contributed by atoms with Crippen molar-refractivity contribution in [3.63, 3.8) is 0 Å². The highest BCUT2D eigenvalue weighted by Gasteiger charge is 2.14. The van der Waals surface area contributed by atoms with Crippen LogP contribution in [0.4, 0.5) is 0 Å². The van der Waals surface area contributed by atoms with Gasteiger partial charge in [0, 0.05) is 24.0 Å². The summed E-state index contributed by atoms with van der Waals surface area (Å²) in [5, 5.41) is 0.809. The summed E-state index contributed by atoms with van der Waals surface area (Å²) in [7, 11) is 3.25. The fourth-order valence-corrected chi connectivity index (χ4v) is 5.14. The first-order chi connectivity index (χ1) is 14.2. The Bertz CT molecular complexity index is 1300. The molecule has 0 aliphatic carbocycles. The maximum Gasteiger partial charge on any atom is 0.181 e. The smallest absolute Gasteiger partial charge is 0.181 e. The molecular weight excluding hydrogens is 404 g/mol. The van der Waals surface area contributed by atoms with E-state index in [2.05, 4.69) is 11.1 Å². The molecule has 0 unspecified atom stereocenters. The van der Waals surface area contributed by atoms with Gasteiger partial charge in [-0.2, -0.15) is 0 Å². The molecule has 0 amide bonds. The highest BCUT2D eigenvalue weighted by atomic mass is 32.2. The van der Waals surface area contributed by atoms with Gasteiger partial charge in [0.2, 0.25) is 0 Å². The van der Waals surface area contributed by atoms with Crippen LogP contribution in [0.3, 0.4) is 0 Å². The summed E-state index contributed by atoms with van der Waals surface area (Å²) in [6, 6.07) is 15.9. The molecule has 0 saturated carbocycles. The Morgan fingerprint density at radius 3 is 2.66 bits per heavy atom. The predicted molar refractivity (Wildman–Crippen MR) is 115 cm³/mol. The predicted octanol–water partition coefficient (Wildman–Crippen LogP) is 5.17. The van der Waals surface area contributed by atoms with E-state index in [1.807, 2.05) is 53.1 Å². The first kappa shape index (κ1) is 18.0. The van der Waals surface area contributed by atoms with Crippen molar-refractivity contribution in [1.82, 2.24) is 19.4 Å². The molecule has 0 saturated heterocycles. The zero-order valence-electron chi connectivity index (χ0n) is 15.7. The van der Waals surface area contributed by atoms with Crippen LogP contribution in [-0.2, 0) is 0 Å². The van der Waals surface area contributed by atoms with E-state index in [0.29, 0.717) is 11.5 Å². The Kier molecular flexibility index (Phi) is 4.57. The van der Waals surface area contributed by atoms with E-state index < -0.39 is 0 Å². The third-order valence-electron chi connectivity index (χ3n) is 4.49. The second-order valence-corrected chi connectivity index (χ2v) is 8.44. The summed E-state index contributed by atoms with van der Waals surface area (Å²) >= 11 is 3.19. The largest absolute Gasteiger partial charge is 0.493 e. The first-order valence-corrected chi connectivity index (χ1v) is 10.5. The minimum Gasteiger partial charge on any atom is -0.493 e. The summed E-state index contributed by atoms with van der Waals surface area (Å²) in [5.41, 5.74) is 3.57. The van der Waals surface area contributed by atoms with Gasteiger partial charge in [0.1, 0.15) is 5.65 Å². The van der Waals surface area contributed by atoms with E-state index in [1.165, 1.54) is 11.8 Å². The van der Waals surface area contributed by atoms with Crippen molar-refractivity contribution in [1.29, 1.82) is 0 Å². The minimum absolute atomic E-state index is 0.662. The second kappa shape index (κ2) is 7.38. The summed E-state index contributed by atoms with van der Waals surface area (Å²) in [5.74, 6) is 1.35. The van der Waals surface area contributed by atoms with Crippen molar-refractivity contribution in [2.45, 2.75) is 9.50 Å². The van der Waals surface area contributed by atoms with Crippen LogP contribution in [0.5, 0.6) is 11.5 Å². The number of nitrogens with zero attached hydrogens (tertiary/aromatic N) is 4. The van der Waals surface area contributed by atoms with Crippen LogP contribution in [0.2, 0.25) is 0 Å². The van der Waals surface area contributed by atoms with E-state index in [-0.39, 0.29) is 0 Å². The molecule has 3 heterocycles. The molecule has 3 aromatic heterocycles. The lowest BCUT2D eigenvalue weighted by atomic mass is 10.1. The molecule has 2 aromatic carbocycles. The van der Waals surface area contributed by atoms with Crippen molar-refractivity contribution in [2.24, 2.45) is 0 Å². The van der Waals surface area contributed by atoms with E-state index in [9.17, 15) is 0 Å². The molecule has 0 N–H and O–H groups in total. The number of benzene rings is 2. The van der Waals surface area contributed by atoms with Gasteiger partial charge in [-0.3, -0.25) is 4.40 Å². The number of fused-ring (bicyclic) bond motifs is 2. The number of methoxy groups -OCH3 is 2. The summed E-state index contributed by atoms with van der Waals surface area (Å²) < 4.78 is 14.9. The summed E-state index contributed by atoms with van der Waals surface area (Å²) in [6.45, 7) is 0. The van der Waals surface area contributed by atoms with Crippen molar-refractivity contribution in [3.05, 3.63) is 60.9 Å². The van der Waals surface area contributed by atoms with E-state index in [1.54, 1.807) is 31.8 Å². The number of thiazole rings is 1. The van der Waals surface area contributed by atoms with Crippen molar-refractivity contribution in [3.8, 4) is 22.8 Å². The van der Waals surface area contributed by atoms with E-state index >= 15 is 0 Å². The van der Waals surface area contributed by atoms with Crippen molar-refractivity contribution >= 4 is 39.0 Å². The number of hydrogen-bond donors (Lipinski definition) is 0. The summed E-state index contributed by atoms with van der Waals surface area (Å²) in [6.07, 6.45) is 3.69. The number of para-hydroxylation sites is 1. The standard InChI is InChI=1S/C21H16N4O2S2/c1-26-16-8-7-13(11-17(16)27-2)15-12-19-22-9-10-25(19)20(23-15)29-21-24-14-5-3-4-6-18(14)28-21/h3-12H,1-2H3. The molecule has 144 valence electrons. The van der Waals surface area contributed by atoms with Gasteiger partial charge in [0.15, 0.2) is 21.0 Å². The average Bonchev–Trinajstić information content (AvgIpc) is 3.39. The minimum atomic E-state index is 0.662. The lowest BCUT2D eigenvalue weighted by molar-refractivity contribution is 0.355. The van der Waals surface area contributed by atoms with Gasteiger partial charge >= 0.3 is 0 Å². The monoisotopic (exact) mass is 420 g/mol. The van der Waals surface area contributed by atoms with Gasteiger partial charge in [0.25, 0.3) is 0 Å². The van der Waals surface area contributed by atoms with Crippen LogP contribution in [-0.4, -0.2) is 33.6 Å². The van der Waals surface area contributed by atoms with Crippen molar-refractivity contribution < 1.29 is 9.47 Å². The zero-order chi connectivity index (χ0) is 19.8. The molecule has 5 rings (SSSR count). The molecule has 29 heavy (non-hydrogen) atoms. The summed E-state index contributed by atoms with van der Waals surface area (Å²) in [4.78, 5) is 14.1. The molecule has 0 fully saturated rings. The highest BCUT2D eigenvalue weighted by molar-refractivity contribution is 8.01. The molecule has 0 aliphatic heterocycles. The van der Waals surface area contributed by atoms with Crippen LogP contribution in [0, 0.1) is 0 Å². The Morgan fingerprint density at radius 2 is 1.83 bits per heavy atom. The third kappa shape index (κ3) is 3.30. The Morgan fingerprint density at radius 1 is 0.966 bits per heavy atom. The van der Waals surface area contributed by atoms with Gasteiger partial charge in [-0.05, 0) is 42.1 Å². The Hall–Kier alpha value is -3.10. The molecule has 5 aromatic rings. The SMILES string of the molecule is COc1ccc(-c2cc3nccn3c(Sc3nc4ccccc4s3)n2)cc1OC. The zero-order valence-corrected chi connectivity index (χ0v) is 17.3. The molecule has 0 aliphatic rings. The maximum absolute atomic E-state index is 5.44. The van der Waals surface area contributed by atoms with Crippen LogP contribution in [0.25, 0.3) is 27.1 Å². The molecule has 6 nitrogen and oxygen atoms in total. The number of ether oxygens (including phenoxy) is 2. The maximum atomic E-state index is 5.44. The van der Waals surface area contributed by atoms with E-state index in [4.69, 9.17) is 19.4 Å². The van der Waals surface area contributed by atoms with Crippen LogP contribution >= 0.6 is 23.1 Å². The average molecular weight is 421 g/mol. The normalized spacial score (nSPS) is 11.2. The van der Waals surface area contributed by atoms with E-state index in [0.717, 1.165) is 36.6 Å². The fourth-order valence-electron chi connectivity index (χ4n) is 3.08. The Labute approximate surface area is 175 Å². The molecule has 8 heteroatoms. The number of aromatic nitrogens is 4. The third-order valence-corrected chi connectivity index (χ3v) is 6.56. The van der Waals surface area contributed by atoms with Gasteiger partial charge in [-0.1, -0.05) is 12.1 Å². The first-order valence-electron chi connectivity index (χ1n) is 8.85. The van der Waals surface area contributed by atoms with Gasteiger partial charge < -0.3 is 9.47 Å². The van der Waals surface area contributed by atoms with Crippen molar-refractivity contribution in [2.75, 3.05) is 14.2 Å². The number of imidazole rings is 1. The quantitative estimate of drug-likeness (QED) is 0.365. The topological polar surface area (TPSA) is 61.5 Å². The van der Waals surface area contributed by atoms with Gasteiger partial charge in [-0.15, -0.1) is 11.3 Å². The van der Waals surface area contributed by atoms with Gasteiger partial charge in [-0.25, -0.2) is 15.0 Å². The number of hydrogen-bond acceptors (Lipinski definition) is 7. The van der Waals surface area contributed by atoms with Crippen LogP contribution < -0.4 is 9.47 Å². The molecular formula is C21H16N4O2S2. The van der Waals surface area contributed by atoms with Gasteiger partial charge in [0.05, 0.1) is 30.1 Å². The van der Waals surface area contributed by atoms with Crippen LogP contribution in [0.1, 0.15) is 0 Å². The van der Waals surface area contributed by atoms with Crippen LogP contribution in [0.15, 0.2) is 70.4 Å². The highest BCUT2D eigenvalue weighted by Crippen LogP contribution is 2.36. The lowest BCUT2D eigenvalue weighted by Crippen LogP contribution is -1.97. The number of rotatable bonds is 5. The molecule has 0 bridgehead atoms. The second-order valence-electron chi connectivity index (χ2n) is 6.20. The molecule has 0 radical (unpaired) electrons. The molecule has 0 spiro atoms. The molecule has 0 atom stereocenters. The lowest BCUT2D eigenvalue weighted by Gasteiger charge is -2.10. The Balaban J connectivity index is 1.60.